The second-order valence-corrected chi connectivity index (χ2v) is 5.73. The number of rotatable bonds is 5. The van der Waals surface area contributed by atoms with E-state index in [0.717, 1.165) is 25.0 Å². The van der Waals surface area contributed by atoms with Gasteiger partial charge < -0.3 is 15.2 Å². The Bertz CT molecular complexity index is 521. The Hall–Kier alpha value is -1.88. The Morgan fingerprint density at radius 3 is 2.90 bits per heavy atom. The molecule has 2 rings (SSSR count). The highest BCUT2D eigenvalue weighted by molar-refractivity contribution is 5.87. The largest absolute Gasteiger partial charge is 0.478 e. The predicted octanol–water partition coefficient (Wildman–Crippen LogP) is 1.86. The number of carboxylic acids is 1. The molecule has 1 aromatic carbocycles. The molecule has 0 spiro atoms. The van der Waals surface area contributed by atoms with Gasteiger partial charge in [-0.3, -0.25) is 4.79 Å². The van der Waals surface area contributed by atoms with E-state index in [-0.39, 0.29) is 11.5 Å². The molecule has 114 valence electrons. The van der Waals surface area contributed by atoms with E-state index in [0.29, 0.717) is 19.6 Å². The van der Waals surface area contributed by atoms with Crippen LogP contribution in [0.3, 0.4) is 0 Å². The number of hydrogen-bond acceptors (Lipinski definition) is 3. The molecule has 1 amide bonds. The lowest BCUT2D eigenvalue weighted by Crippen LogP contribution is -2.44. The average molecular weight is 291 g/mol. The standard InChI is InChI=1S/C16H21NO4/c1-16(7-3-9-21-11-16)15(20)17-8-6-12-4-2-5-13(10-12)14(18)19/h2,4-5,10H,3,6-9,11H2,1H3,(H,17,20)(H,18,19). The van der Waals surface area contributed by atoms with Gasteiger partial charge in [0.15, 0.2) is 0 Å². The Labute approximate surface area is 124 Å². The lowest BCUT2D eigenvalue weighted by atomic mass is 9.84. The second-order valence-electron chi connectivity index (χ2n) is 5.73. The van der Waals surface area contributed by atoms with Crippen molar-refractivity contribution in [3.63, 3.8) is 0 Å². The van der Waals surface area contributed by atoms with E-state index in [2.05, 4.69) is 5.32 Å². The minimum atomic E-state index is -0.937. The van der Waals surface area contributed by atoms with Gasteiger partial charge in [0.2, 0.25) is 5.91 Å². The van der Waals surface area contributed by atoms with Gasteiger partial charge in [-0.25, -0.2) is 4.79 Å². The molecule has 1 aliphatic heterocycles. The molecule has 5 nitrogen and oxygen atoms in total. The first-order valence-electron chi connectivity index (χ1n) is 7.19. The highest BCUT2D eigenvalue weighted by Crippen LogP contribution is 2.27. The van der Waals surface area contributed by atoms with Gasteiger partial charge in [-0.2, -0.15) is 0 Å². The molecule has 0 radical (unpaired) electrons. The fourth-order valence-electron chi connectivity index (χ4n) is 2.51. The van der Waals surface area contributed by atoms with E-state index in [1.165, 1.54) is 0 Å². The molecular weight excluding hydrogens is 270 g/mol. The van der Waals surface area contributed by atoms with Crippen LogP contribution in [0.1, 0.15) is 35.7 Å². The van der Waals surface area contributed by atoms with Crippen LogP contribution >= 0.6 is 0 Å². The fourth-order valence-corrected chi connectivity index (χ4v) is 2.51. The SMILES string of the molecule is CC1(C(=O)NCCc2cccc(C(=O)O)c2)CCCOC1. The van der Waals surface area contributed by atoms with Crippen molar-refractivity contribution in [2.45, 2.75) is 26.2 Å². The third kappa shape index (κ3) is 4.04. The first-order chi connectivity index (χ1) is 10.0. The topological polar surface area (TPSA) is 75.6 Å². The van der Waals surface area contributed by atoms with E-state index in [9.17, 15) is 9.59 Å². The van der Waals surface area contributed by atoms with Gasteiger partial charge in [-0.1, -0.05) is 12.1 Å². The van der Waals surface area contributed by atoms with Crippen LogP contribution in [0.4, 0.5) is 0 Å². The molecule has 1 saturated heterocycles. The first-order valence-corrected chi connectivity index (χ1v) is 7.19. The quantitative estimate of drug-likeness (QED) is 0.868. The van der Waals surface area contributed by atoms with Gasteiger partial charge >= 0.3 is 5.97 Å². The number of benzene rings is 1. The molecule has 1 aromatic rings. The molecule has 1 heterocycles. The van der Waals surface area contributed by atoms with E-state index in [1.54, 1.807) is 18.2 Å². The van der Waals surface area contributed by atoms with E-state index in [1.807, 2.05) is 13.0 Å². The van der Waals surface area contributed by atoms with Gasteiger partial charge in [0.25, 0.3) is 0 Å². The number of carbonyl (C=O) groups is 2. The Kier molecular flexibility index (Phi) is 4.96. The van der Waals surface area contributed by atoms with Crippen LogP contribution in [0.15, 0.2) is 24.3 Å². The van der Waals surface area contributed by atoms with Crippen LogP contribution in [0.25, 0.3) is 0 Å². The first kappa shape index (κ1) is 15.5. The number of hydrogen-bond donors (Lipinski definition) is 2. The van der Waals surface area contributed by atoms with Crippen molar-refractivity contribution >= 4 is 11.9 Å². The van der Waals surface area contributed by atoms with Gasteiger partial charge in [0.05, 0.1) is 17.6 Å². The smallest absolute Gasteiger partial charge is 0.335 e. The molecule has 1 unspecified atom stereocenters. The predicted molar refractivity (Wildman–Crippen MR) is 78.3 cm³/mol. The number of carboxylic acid groups (broad SMARTS) is 1. The Balaban J connectivity index is 1.85. The number of ether oxygens (including phenoxy) is 1. The van der Waals surface area contributed by atoms with E-state index in [4.69, 9.17) is 9.84 Å². The van der Waals surface area contributed by atoms with Crippen molar-refractivity contribution in [1.29, 1.82) is 0 Å². The molecule has 1 aliphatic rings. The summed E-state index contributed by atoms with van der Waals surface area (Å²) in [5.41, 5.74) is 0.730. The monoisotopic (exact) mass is 291 g/mol. The van der Waals surface area contributed by atoms with Crippen LogP contribution < -0.4 is 5.32 Å². The van der Waals surface area contributed by atoms with E-state index >= 15 is 0 Å². The second kappa shape index (κ2) is 6.72. The van der Waals surface area contributed by atoms with E-state index < -0.39 is 11.4 Å². The lowest BCUT2D eigenvalue weighted by Gasteiger charge is -2.31. The van der Waals surface area contributed by atoms with Gasteiger partial charge in [0, 0.05) is 13.2 Å². The van der Waals surface area contributed by atoms with Crippen molar-refractivity contribution < 1.29 is 19.4 Å². The average Bonchev–Trinajstić information content (AvgIpc) is 2.48. The molecule has 1 atom stereocenters. The fraction of sp³-hybridized carbons (Fsp3) is 0.500. The van der Waals surface area contributed by atoms with Crippen molar-refractivity contribution in [3.8, 4) is 0 Å². The summed E-state index contributed by atoms with van der Waals surface area (Å²) in [6, 6.07) is 6.78. The molecule has 0 saturated carbocycles. The van der Waals surface area contributed by atoms with Crippen LogP contribution in [0.5, 0.6) is 0 Å². The summed E-state index contributed by atoms with van der Waals surface area (Å²) in [6.07, 6.45) is 2.36. The number of carbonyl (C=O) groups excluding carboxylic acids is 1. The summed E-state index contributed by atoms with van der Waals surface area (Å²) < 4.78 is 5.39. The van der Waals surface area contributed by atoms with Crippen molar-refractivity contribution in [2.24, 2.45) is 5.41 Å². The van der Waals surface area contributed by atoms with Crippen molar-refractivity contribution in [3.05, 3.63) is 35.4 Å². The number of amides is 1. The Morgan fingerprint density at radius 1 is 1.43 bits per heavy atom. The molecule has 0 bridgehead atoms. The minimum absolute atomic E-state index is 0.0107. The summed E-state index contributed by atoms with van der Waals surface area (Å²) in [7, 11) is 0. The lowest BCUT2D eigenvalue weighted by molar-refractivity contribution is -0.137. The highest BCUT2D eigenvalue weighted by Gasteiger charge is 2.35. The van der Waals surface area contributed by atoms with Crippen LogP contribution in [-0.4, -0.2) is 36.7 Å². The molecule has 0 aromatic heterocycles. The highest BCUT2D eigenvalue weighted by atomic mass is 16.5. The molecule has 0 aliphatic carbocycles. The summed E-state index contributed by atoms with van der Waals surface area (Å²) in [5, 5.41) is 11.9. The maximum Gasteiger partial charge on any atom is 0.335 e. The third-order valence-electron chi connectivity index (χ3n) is 3.86. The zero-order valence-electron chi connectivity index (χ0n) is 12.2. The summed E-state index contributed by atoms with van der Waals surface area (Å²) in [4.78, 5) is 23.1. The maximum atomic E-state index is 12.2. The molecule has 5 heteroatoms. The summed E-state index contributed by atoms with van der Waals surface area (Å²) >= 11 is 0. The van der Waals surface area contributed by atoms with Gasteiger partial charge in [0.1, 0.15) is 0 Å². The molecule has 21 heavy (non-hydrogen) atoms. The minimum Gasteiger partial charge on any atom is -0.478 e. The zero-order chi connectivity index (χ0) is 15.3. The molecule has 2 N–H and O–H groups in total. The summed E-state index contributed by atoms with van der Waals surface area (Å²) in [6.45, 7) is 3.61. The van der Waals surface area contributed by atoms with Crippen LogP contribution in [0, 0.1) is 5.41 Å². The van der Waals surface area contributed by atoms with Crippen LogP contribution in [-0.2, 0) is 16.0 Å². The maximum absolute atomic E-state index is 12.2. The zero-order valence-corrected chi connectivity index (χ0v) is 12.2. The number of nitrogens with one attached hydrogen (secondary N) is 1. The van der Waals surface area contributed by atoms with Crippen molar-refractivity contribution in [2.75, 3.05) is 19.8 Å². The molecular formula is C16H21NO4. The molecule has 1 fully saturated rings. The number of aromatic carboxylic acids is 1. The third-order valence-corrected chi connectivity index (χ3v) is 3.86. The normalized spacial score (nSPS) is 21.8. The summed E-state index contributed by atoms with van der Waals surface area (Å²) in [5.74, 6) is -0.927. The van der Waals surface area contributed by atoms with Crippen molar-refractivity contribution in [1.82, 2.24) is 5.32 Å². The van der Waals surface area contributed by atoms with Crippen LogP contribution in [0.2, 0.25) is 0 Å². The Morgan fingerprint density at radius 2 is 2.24 bits per heavy atom. The van der Waals surface area contributed by atoms with Gasteiger partial charge in [-0.15, -0.1) is 0 Å². The van der Waals surface area contributed by atoms with Gasteiger partial charge in [-0.05, 0) is 43.9 Å².